The summed E-state index contributed by atoms with van der Waals surface area (Å²) in [6.07, 6.45) is -4.45. The highest BCUT2D eigenvalue weighted by Gasteiger charge is 2.35. The molecule has 0 atom stereocenters. The fraction of sp³-hybridized carbons (Fsp3) is 0.400. The molecule has 0 unspecified atom stereocenters. The van der Waals surface area contributed by atoms with Crippen LogP contribution in [0.25, 0.3) is 0 Å². The molecule has 1 aromatic carbocycles. The lowest BCUT2D eigenvalue weighted by molar-refractivity contribution is -0.138. The van der Waals surface area contributed by atoms with Crippen molar-refractivity contribution >= 4 is 0 Å². The fourth-order valence-electron chi connectivity index (χ4n) is 1.46. The van der Waals surface area contributed by atoms with E-state index in [1.807, 2.05) is 0 Å². The Labute approximate surface area is 91.0 Å². The lowest BCUT2D eigenvalue weighted by Gasteiger charge is -2.17. The van der Waals surface area contributed by atoms with Crippen LogP contribution in [0, 0.1) is 0 Å². The van der Waals surface area contributed by atoms with Crippen molar-refractivity contribution in [1.29, 1.82) is 0 Å². The predicted octanol–water partition coefficient (Wildman–Crippen LogP) is 2.18. The molecular weight excluding hydrogens is 223 g/mol. The molecule has 0 bridgehead atoms. The highest BCUT2D eigenvalue weighted by atomic mass is 19.4. The van der Waals surface area contributed by atoms with Crippen LogP contribution < -0.4 is 15.2 Å². The first-order valence-corrected chi connectivity index (χ1v) is 4.46. The summed E-state index contributed by atoms with van der Waals surface area (Å²) >= 11 is 0. The number of alkyl halides is 3. The molecule has 0 aliphatic rings. The highest BCUT2D eigenvalue weighted by Crippen LogP contribution is 2.40. The van der Waals surface area contributed by atoms with Gasteiger partial charge in [-0.05, 0) is 12.1 Å². The second kappa shape index (κ2) is 4.61. The van der Waals surface area contributed by atoms with Gasteiger partial charge in [0.25, 0.3) is 0 Å². The maximum atomic E-state index is 12.6. The third-order valence-electron chi connectivity index (χ3n) is 2.16. The minimum absolute atomic E-state index is 0.0276. The van der Waals surface area contributed by atoms with Gasteiger partial charge < -0.3 is 15.2 Å². The largest absolute Gasteiger partial charge is 0.493 e. The molecule has 0 amide bonds. The quantitative estimate of drug-likeness (QED) is 0.873. The second-order valence-corrected chi connectivity index (χ2v) is 3.03. The highest BCUT2D eigenvalue weighted by molar-refractivity contribution is 5.51. The van der Waals surface area contributed by atoms with Crippen molar-refractivity contribution in [3.05, 3.63) is 23.3 Å². The van der Waals surface area contributed by atoms with Gasteiger partial charge in [0.05, 0.1) is 19.8 Å². The van der Waals surface area contributed by atoms with E-state index >= 15 is 0 Å². The molecule has 0 aromatic heterocycles. The number of methoxy groups -OCH3 is 2. The van der Waals surface area contributed by atoms with E-state index in [1.165, 1.54) is 20.3 Å². The summed E-state index contributed by atoms with van der Waals surface area (Å²) in [5, 5.41) is 0. The Hall–Kier alpha value is -1.43. The zero-order valence-corrected chi connectivity index (χ0v) is 8.89. The Morgan fingerprint density at radius 3 is 2.19 bits per heavy atom. The summed E-state index contributed by atoms with van der Waals surface area (Å²) in [5.41, 5.74) is 4.41. The van der Waals surface area contributed by atoms with Crippen molar-refractivity contribution in [3.63, 3.8) is 0 Å². The Bertz CT molecular complexity index is 377. The van der Waals surface area contributed by atoms with Crippen LogP contribution in [0.15, 0.2) is 12.1 Å². The number of nitrogens with two attached hydrogens (primary N) is 1. The van der Waals surface area contributed by atoms with Crippen LogP contribution in [0.5, 0.6) is 11.5 Å². The van der Waals surface area contributed by atoms with E-state index in [9.17, 15) is 13.2 Å². The molecule has 0 heterocycles. The molecule has 3 nitrogen and oxygen atoms in total. The Morgan fingerprint density at radius 2 is 1.81 bits per heavy atom. The van der Waals surface area contributed by atoms with Gasteiger partial charge in [-0.25, -0.2) is 0 Å². The van der Waals surface area contributed by atoms with Gasteiger partial charge in [-0.2, -0.15) is 13.2 Å². The normalized spacial score (nSPS) is 11.4. The van der Waals surface area contributed by atoms with E-state index in [1.54, 1.807) is 0 Å². The molecule has 0 fully saturated rings. The third-order valence-corrected chi connectivity index (χ3v) is 2.16. The number of benzene rings is 1. The van der Waals surface area contributed by atoms with E-state index in [0.29, 0.717) is 0 Å². The number of ether oxygens (including phenoxy) is 2. The molecule has 1 rings (SSSR count). The average molecular weight is 235 g/mol. The second-order valence-electron chi connectivity index (χ2n) is 3.03. The third kappa shape index (κ3) is 2.21. The van der Waals surface area contributed by atoms with E-state index in [0.717, 1.165) is 6.07 Å². The molecule has 0 aliphatic carbocycles. The van der Waals surface area contributed by atoms with E-state index in [4.69, 9.17) is 15.2 Å². The topological polar surface area (TPSA) is 44.5 Å². The van der Waals surface area contributed by atoms with Crippen molar-refractivity contribution in [2.75, 3.05) is 14.2 Å². The SMILES string of the molecule is COc1ccc(C(F)(F)F)c(CN)c1OC. The van der Waals surface area contributed by atoms with E-state index < -0.39 is 11.7 Å². The molecule has 1 aromatic rings. The minimum Gasteiger partial charge on any atom is -0.493 e. The van der Waals surface area contributed by atoms with Crippen molar-refractivity contribution in [2.24, 2.45) is 5.73 Å². The molecule has 0 aliphatic heterocycles. The molecule has 6 heteroatoms. The molecule has 90 valence electrons. The molecular formula is C10H12F3NO2. The molecule has 0 saturated carbocycles. The first-order chi connectivity index (χ1) is 7.45. The van der Waals surface area contributed by atoms with Gasteiger partial charge in [-0.1, -0.05) is 0 Å². The first kappa shape index (κ1) is 12.6. The molecule has 2 N–H and O–H groups in total. The summed E-state index contributed by atoms with van der Waals surface area (Å²) in [4.78, 5) is 0. The average Bonchev–Trinajstić information content (AvgIpc) is 2.25. The number of halogens is 3. The molecule has 0 radical (unpaired) electrons. The van der Waals surface area contributed by atoms with Crippen LogP contribution in [-0.2, 0) is 12.7 Å². The van der Waals surface area contributed by atoms with Crippen molar-refractivity contribution in [3.8, 4) is 11.5 Å². The van der Waals surface area contributed by atoms with Gasteiger partial charge >= 0.3 is 6.18 Å². The van der Waals surface area contributed by atoms with E-state index in [-0.39, 0.29) is 23.6 Å². The minimum atomic E-state index is -4.45. The Morgan fingerprint density at radius 1 is 1.19 bits per heavy atom. The van der Waals surface area contributed by atoms with Gasteiger partial charge in [0.2, 0.25) is 0 Å². The Kier molecular flexibility index (Phi) is 3.64. The van der Waals surface area contributed by atoms with Crippen LogP contribution in [-0.4, -0.2) is 14.2 Å². The lowest BCUT2D eigenvalue weighted by atomic mass is 10.1. The summed E-state index contributed by atoms with van der Waals surface area (Å²) in [5.74, 6) is 0.260. The summed E-state index contributed by atoms with van der Waals surface area (Å²) in [7, 11) is 2.63. The van der Waals surface area contributed by atoms with Crippen LogP contribution >= 0.6 is 0 Å². The lowest BCUT2D eigenvalue weighted by Crippen LogP contribution is -2.13. The van der Waals surface area contributed by atoms with Gasteiger partial charge in [-0.3, -0.25) is 0 Å². The maximum Gasteiger partial charge on any atom is 0.416 e. The summed E-state index contributed by atoms with van der Waals surface area (Å²) in [6, 6.07) is 2.14. The van der Waals surface area contributed by atoms with Crippen LogP contribution in [0.2, 0.25) is 0 Å². The van der Waals surface area contributed by atoms with Crippen molar-refractivity contribution < 1.29 is 22.6 Å². The monoisotopic (exact) mass is 235 g/mol. The fourth-order valence-corrected chi connectivity index (χ4v) is 1.46. The molecule has 16 heavy (non-hydrogen) atoms. The predicted molar refractivity (Wildman–Crippen MR) is 52.4 cm³/mol. The van der Waals surface area contributed by atoms with Gasteiger partial charge in [0.15, 0.2) is 11.5 Å². The van der Waals surface area contributed by atoms with Crippen molar-refractivity contribution in [2.45, 2.75) is 12.7 Å². The first-order valence-electron chi connectivity index (χ1n) is 4.46. The molecule has 0 spiro atoms. The summed E-state index contributed by atoms with van der Waals surface area (Å²) < 4.78 is 47.7. The number of rotatable bonds is 3. The van der Waals surface area contributed by atoms with Gasteiger partial charge in [-0.15, -0.1) is 0 Å². The molecule has 0 saturated heterocycles. The maximum absolute atomic E-state index is 12.6. The van der Waals surface area contributed by atoms with Crippen LogP contribution in [0.3, 0.4) is 0 Å². The summed E-state index contributed by atoms with van der Waals surface area (Å²) in [6.45, 7) is -0.269. The number of hydrogen-bond acceptors (Lipinski definition) is 3. The number of hydrogen-bond donors (Lipinski definition) is 1. The standard InChI is InChI=1S/C10H12F3NO2/c1-15-8-4-3-7(10(11,12)13)6(5-14)9(8)16-2/h3-4H,5,14H2,1-2H3. The van der Waals surface area contributed by atoms with Crippen LogP contribution in [0.1, 0.15) is 11.1 Å². The zero-order valence-electron chi connectivity index (χ0n) is 8.89. The van der Waals surface area contributed by atoms with Crippen molar-refractivity contribution in [1.82, 2.24) is 0 Å². The zero-order chi connectivity index (χ0) is 12.3. The van der Waals surface area contributed by atoms with Gasteiger partial charge in [0.1, 0.15) is 0 Å². The smallest absolute Gasteiger partial charge is 0.416 e. The Balaban J connectivity index is 3.43. The van der Waals surface area contributed by atoms with E-state index in [2.05, 4.69) is 0 Å². The van der Waals surface area contributed by atoms with Gasteiger partial charge in [0, 0.05) is 12.1 Å². The van der Waals surface area contributed by atoms with Crippen LogP contribution in [0.4, 0.5) is 13.2 Å².